The molecule has 0 aliphatic rings. The van der Waals surface area contributed by atoms with E-state index in [-0.39, 0.29) is 12.5 Å². The van der Waals surface area contributed by atoms with Gasteiger partial charge in [-0.05, 0) is 48.9 Å². The molecule has 7 heteroatoms. The minimum Gasteiger partial charge on any atom is -0.482 e. The predicted octanol–water partition coefficient (Wildman–Crippen LogP) is 5.86. The summed E-state index contributed by atoms with van der Waals surface area (Å²) in [6.45, 7) is 1.65. The highest BCUT2D eigenvalue weighted by atomic mass is 35.5. The van der Waals surface area contributed by atoms with E-state index in [1.54, 1.807) is 12.1 Å². The van der Waals surface area contributed by atoms with Gasteiger partial charge >= 0.3 is 0 Å². The lowest BCUT2D eigenvalue weighted by atomic mass is 10.2. The molecule has 1 heterocycles. The smallest absolute Gasteiger partial charge is 0.262 e. The Morgan fingerprint density at radius 2 is 1.93 bits per heavy atom. The van der Waals surface area contributed by atoms with Crippen molar-refractivity contribution in [2.75, 3.05) is 11.9 Å². The normalized spacial score (nSPS) is 10.9. The van der Waals surface area contributed by atoms with E-state index in [9.17, 15) is 4.79 Å². The number of hydrogen-bond acceptors (Lipinski definition) is 3. The van der Waals surface area contributed by atoms with Crippen molar-refractivity contribution < 1.29 is 9.53 Å². The Bertz CT molecular complexity index is 1150. The molecule has 1 aromatic heterocycles. The van der Waals surface area contributed by atoms with Crippen LogP contribution in [0.25, 0.3) is 22.4 Å². The molecule has 0 aliphatic heterocycles. The number of halogens is 2. The zero-order chi connectivity index (χ0) is 20.4. The fourth-order valence-corrected chi connectivity index (χ4v) is 3.69. The summed E-state index contributed by atoms with van der Waals surface area (Å²) in [4.78, 5) is 20.2. The standard InChI is InChI=1S/C22H17Cl2N3O2/c1-13-9-15(23)11-17(24)21(13)29-12-20(28)25-16-6-4-5-14(10-16)22-26-18-7-2-3-8-19(18)27-22/h2-11H,12H2,1H3,(H,25,28)(H,26,27). The Balaban J connectivity index is 1.46. The van der Waals surface area contributed by atoms with E-state index in [1.807, 2.05) is 55.5 Å². The van der Waals surface area contributed by atoms with Crippen molar-refractivity contribution >= 4 is 45.8 Å². The van der Waals surface area contributed by atoms with Gasteiger partial charge in [0.15, 0.2) is 6.61 Å². The number of carbonyl (C=O) groups is 1. The van der Waals surface area contributed by atoms with Crippen molar-refractivity contribution in [3.05, 3.63) is 76.3 Å². The molecule has 1 amide bonds. The number of para-hydroxylation sites is 2. The van der Waals surface area contributed by atoms with Gasteiger partial charge in [0.05, 0.1) is 16.1 Å². The molecule has 29 heavy (non-hydrogen) atoms. The molecule has 4 rings (SSSR count). The highest BCUT2D eigenvalue weighted by molar-refractivity contribution is 6.35. The topological polar surface area (TPSA) is 67.0 Å². The van der Waals surface area contributed by atoms with Crippen molar-refractivity contribution in [1.82, 2.24) is 9.97 Å². The quantitative estimate of drug-likeness (QED) is 0.420. The van der Waals surface area contributed by atoms with E-state index in [2.05, 4.69) is 15.3 Å². The van der Waals surface area contributed by atoms with Gasteiger partial charge in [-0.15, -0.1) is 0 Å². The van der Waals surface area contributed by atoms with Gasteiger partial charge in [0.25, 0.3) is 5.91 Å². The Morgan fingerprint density at radius 1 is 1.10 bits per heavy atom. The summed E-state index contributed by atoms with van der Waals surface area (Å²) in [5.74, 6) is 0.890. The Labute approximate surface area is 177 Å². The molecule has 5 nitrogen and oxygen atoms in total. The van der Waals surface area contributed by atoms with Crippen molar-refractivity contribution in [2.45, 2.75) is 6.92 Å². The average Bonchev–Trinajstić information content (AvgIpc) is 3.11. The third-order valence-electron chi connectivity index (χ3n) is 4.35. The number of aromatic nitrogens is 2. The molecule has 4 aromatic rings. The maximum atomic E-state index is 12.3. The molecule has 0 unspecified atom stereocenters. The van der Waals surface area contributed by atoms with Crippen molar-refractivity contribution in [2.24, 2.45) is 0 Å². The number of aromatic amines is 1. The zero-order valence-corrected chi connectivity index (χ0v) is 17.0. The predicted molar refractivity (Wildman–Crippen MR) is 117 cm³/mol. The number of imidazole rings is 1. The molecule has 0 spiro atoms. The number of carbonyl (C=O) groups excluding carboxylic acids is 1. The van der Waals surface area contributed by atoms with Crippen LogP contribution in [0.15, 0.2) is 60.7 Å². The lowest BCUT2D eigenvalue weighted by molar-refractivity contribution is -0.118. The first kappa shape index (κ1) is 19.3. The van der Waals surface area contributed by atoms with Gasteiger partial charge in [-0.25, -0.2) is 4.98 Å². The van der Waals surface area contributed by atoms with Crippen LogP contribution in [-0.4, -0.2) is 22.5 Å². The van der Waals surface area contributed by atoms with Gasteiger partial charge in [-0.3, -0.25) is 4.79 Å². The Kier molecular flexibility index (Phi) is 5.43. The van der Waals surface area contributed by atoms with Gasteiger partial charge in [-0.1, -0.05) is 47.5 Å². The number of amides is 1. The van der Waals surface area contributed by atoms with Crippen LogP contribution in [0.3, 0.4) is 0 Å². The molecular weight excluding hydrogens is 409 g/mol. The second-order valence-corrected chi connectivity index (χ2v) is 7.40. The van der Waals surface area contributed by atoms with Crippen LogP contribution in [0, 0.1) is 6.92 Å². The van der Waals surface area contributed by atoms with Crippen LogP contribution in [0.5, 0.6) is 5.75 Å². The Morgan fingerprint density at radius 3 is 2.72 bits per heavy atom. The van der Waals surface area contributed by atoms with Crippen molar-refractivity contribution in [3.8, 4) is 17.1 Å². The van der Waals surface area contributed by atoms with E-state index in [0.29, 0.717) is 21.5 Å². The molecule has 3 aromatic carbocycles. The van der Waals surface area contributed by atoms with Crippen LogP contribution in [-0.2, 0) is 4.79 Å². The first-order valence-corrected chi connectivity index (χ1v) is 9.69. The molecule has 0 bridgehead atoms. The van der Waals surface area contributed by atoms with E-state index in [0.717, 1.165) is 28.0 Å². The number of ether oxygens (including phenoxy) is 1. The molecule has 0 fully saturated rings. The number of aryl methyl sites for hydroxylation is 1. The third-order valence-corrected chi connectivity index (χ3v) is 4.85. The lowest BCUT2D eigenvalue weighted by Gasteiger charge is -2.12. The summed E-state index contributed by atoms with van der Waals surface area (Å²) in [6, 6.07) is 18.6. The fourth-order valence-electron chi connectivity index (χ4n) is 3.04. The van der Waals surface area contributed by atoms with Gasteiger partial charge in [0.2, 0.25) is 0 Å². The maximum absolute atomic E-state index is 12.3. The summed E-state index contributed by atoms with van der Waals surface area (Å²) in [6.07, 6.45) is 0. The molecule has 0 radical (unpaired) electrons. The average molecular weight is 426 g/mol. The number of nitrogens with one attached hydrogen (secondary N) is 2. The summed E-state index contributed by atoms with van der Waals surface area (Å²) < 4.78 is 5.59. The van der Waals surface area contributed by atoms with Crippen LogP contribution in [0.4, 0.5) is 5.69 Å². The van der Waals surface area contributed by atoms with Crippen molar-refractivity contribution in [1.29, 1.82) is 0 Å². The van der Waals surface area contributed by atoms with E-state index in [1.165, 1.54) is 0 Å². The highest BCUT2D eigenvalue weighted by Gasteiger charge is 2.11. The number of hydrogen-bond donors (Lipinski definition) is 2. The van der Waals surface area contributed by atoms with Crippen LogP contribution in [0.2, 0.25) is 10.0 Å². The second kappa shape index (κ2) is 8.15. The van der Waals surface area contributed by atoms with Gasteiger partial charge in [0.1, 0.15) is 11.6 Å². The summed E-state index contributed by atoms with van der Waals surface area (Å²) in [5.41, 5.74) is 4.13. The summed E-state index contributed by atoms with van der Waals surface area (Å²) in [7, 11) is 0. The van der Waals surface area contributed by atoms with Crippen molar-refractivity contribution in [3.63, 3.8) is 0 Å². The lowest BCUT2D eigenvalue weighted by Crippen LogP contribution is -2.20. The number of rotatable bonds is 5. The number of anilines is 1. The first-order chi connectivity index (χ1) is 14.0. The Hall–Kier alpha value is -3.02. The third kappa shape index (κ3) is 4.36. The zero-order valence-electron chi connectivity index (χ0n) is 15.5. The number of H-pyrrole nitrogens is 1. The SMILES string of the molecule is Cc1cc(Cl)cc(Cl)c1OCC(=O)Nc1cccc(-c2nc3ccccc3[nH]2)c1. The largest absolute Gasteiger partial charge is 0.482 e. The molecule has 0 aliphatic carbocycles. The first-order valence-electron chi connectivity index (χ1n) is 8.93. The van der Waals surface area contributed by atoms with Crippen LogP contribution >= 0.6 is 23.2 Å². The maximum Gasteiger partial charge on any atom is 0.262 e. The molecule has 0 saturated carbocycles. The van der Waals surface area contributed by atoms with Gasteiger partial charge < -0.3 is 15.0 Å². The molecule has 0 atom stereocenters. The van der Waals surface area contributed by atoms with Crippen LogP contribution in [0.1, 0.15) is 5.56 Å². The molecule has 0 saturated heterocycles. The van der Waals surface area contributed by atoms with E-state index < -0.39 is 0 Å². The van der Waals surface area contributed by atoms with E-state index >= 15 is 0 Å². The summed E-state index contributed by atoms with van der Waals surface area (Å²) >= 11 is 12.1. The van der Waals surface area contributed by atoms with E-state index in [4.69, 9.17) is 27.9 Å². The second-order valence-electron chi connectivity index (χ2n) is 6.55. The van der Waals surface area contributed by atoms with Gasteiger partial charge in [0, 0.05) is 16.3 Å². The van der Waals surface area contributed by atoms with Crippen LogP contribution < -0.4 is 10.1 Å². The minimum atomic E-state index is -0.294. The summed E-state index contributed by atoms with van der Waals surface area (Å²) in [5, 5.41) is 3.72. The molecular formula is C22H17Cl2N3O2. The van der Waals surface area contributed by atoms with Gasteiger partial charge in [-0.2, -0.15) is 0 Å². The molecule has 146 valence electrons. The minimum absolute atomic E-state index is 0.170. The number of nitrogens with zero attached hydrogens (tertiary/aromatic N) is 1. The monoisotopic (exact) mass is 425 g/mol. The molecule has 2 N–H and O–H groups in total. The highest BCUT2D eigenvalue weighted by Crippen LogP contribution is 2.31. The number of benzene rings is 3. The number of fused-ring (bicyclic) bond motifs is 1. The fraction of sp³-hybridized carbons (Fsp3) is 0.0909.